The second kappa shape index (κ2) is 11.0. The van der Waals surface area contributed by atoms with E-state index in [4.69, 9.17) is 4.84 Å². The summed E-state index contributed by atoms with van der Waals surface area (Å²) in [5.41, 5.74) is 5.25. The van der Waals surface area contributed by atoms with Crippen molar-refractivity contribution in [2.24, 2.45) is 5.16 Å². The van der Waals surface area contributed by atoms with Crippen LogP contribution in [0.2, 0.25) is 0 Å². The summed E-state index contributed by atoms with van der Waals surface area (Å²) in [4.78, 5) is 29.4. The predicted molar refractivity (Wildman–Crippen MR) is 144 cm³/mol. The summed E-state index contributed by atoms with van der Waals surface area (Å²) in [6.45, 7) is 6.27. The molecule has 0 spiro atoms. The minimum atomic E-state index is -0.538. The Kier molecular flexibility index (Phi) is 7.56. The Hall–Kier alpha value is -3.99. The first-order chi connectivity index (χ1) is 17.0. The highest BCUT2D eigenvalue weighted by atomic mass is 16.7. The summed E-state index contributed by atoms with van der Waals surface area (Å²) in [6.07, 6.45) is 6.37. The molecule has 0 radical (unpaired) electrons. The number of hydrogen-bond donors (Lipinski definition) is 0. The van der Waals surface area contributed by atoms with Gasteiger partial charge in [-0.25, -0.2) is 4.79 Å². The summed E-state index contributed by atoms with van der Waals surface area (Å²) in [5.74, 6) is -0.747. The molecule has 4 aromatic rings. The van der Waals surface area contributed by atoms with Gasteiger partial charge in [0.25, 0.3) is 0 Å². The summed E-state index contributed by atoms with van der Waals surface area (Å²) in [5, 5.41) is 5.99. The third-order valence-corrected chi connectivity index (χ3v) is 6.05. The van der Waals surface area contributed by atoms with Gasteiger partial charge in [0.1, 0.15) is 5.71 Å². The second-order valence-corrected chi connectivity index (χ2v) is 8.55. The number of unbranched alkanes of at least 4 members (excludes halogenated alkanes) is 1. The number of aromatic nitrogens is 1. The fourth-order valence-corrected chi connectivity index (χ4v) is 4.29. The lowest BCUT2D eigenvalue weighted by Gasteiger charge is -2.06. The number of nitrogens with zero attached hydrogens (tertiary/aromatic N) is 2. The molecule has 178 valence electrons. The maximum absolute atomic E-state index is 13.3. The van der Waals surface area contributed by atoms with Crippen molar-refractivity contribution in [2.45, 2.75) is 46.6 Å². The van der Waals surface area contributed by atoms with Gasteiger partial charge in [0, 0.05) is 40.8 Å². The fourth-order valence-electron chi connectivity index (χ4n) is 4.29. The van der Waals surface area contributed by atoms with Crippen molar-refractivity contribution < 1.29 is 14.4 Å². The fraction of sp³-hybridized carbons (Fsp3) is 0.233. The van der Waals surface area contributed by atoms with Crippen molar-refractivity contribution in [3.8, 4) is 0 Å². The highest BCUT2D eigenvalue weighted by molar-refractivity contribution is 6.46. The van der Waals surface area contributed by atoms with E-state index in [1.54, 1.807) is 0 Å². The predicted octanol–water partition coefficient (Wildman–Crippen LogP) is 7.28. The molecular weight excluding hydrogens is 436 g/mol. The molecule has 5 nitrogen and oxygen atoms in total. The highest BCUT2D eigenvalue weighted by Gasteiger charge is 2.18. The number of benzene rings is 3. The van der Waals surface area contributed by atoms with Crippen LogP contribution in [0, 0.1) is 0 Å². The van der Waals surface area contributed by atoms with Crippen LogP contribution >= 0.6 is 0 Å². The van der Waals surface area contributed by atoms with Gasteiger partial charge in [-0.1, -0.05) is 67.1 Å². The first kappa shape index (κ1) is 24.1. The van der Waals surface area contributed by atoms with E-state index in [1.165, 1.54) is 6.92 Å². The van der Waals surface area contributed by atoms with Crippen LogP contribution in [0.15, 0.2) is 71.9 Å². The van der Waals surface area contributed by atoms with Gasteiger partial charge in [0.15, 0.2) is 0 Å². The van der Waals surface area contributed by atoms with Gasteiger partial charge in [-0.2, -0.15) is 0 Å². The van der Waals surface area contributed by atoms with E-state index in [1.807, 2.05) is 43.3 Å². The largest absolute Gasteiger partial charge is 0.341 e. The van der Waals surface area contributed by atoms with E-state index in [-0.39, 0.29) is 11.5 Å². The SMILES string of the molecule is CCCC/C(=N\OC(C)=O)C(=O)c1ccc2c(c1)c1cc(/C=C/c3ccccc3)ccc1n2CC. The Labute approximate surface area is 205 Å². The Balaban J connectivity index is 1.77. The van der Waals surface area contributed by atoms with Gasteiger partial charge in [0.05, 0.1) is 0 Å². The molecule has 35 heavy (non-hydrogen) atoms. The van der Waals surface area contributed by atoms with Crippen molar-refractivity contribution in [3.05, 3.63) is 83.4 Å². The average molecular weight is 467 g/mol. The van der Waals surface area contributed by atoms with Crippen LogP contribution in [0.1, 0.15) is 61.5 Å². The van der Waals surface area contributed by atoms with E-state index in [2.05, 4.69) is 59.1 Å². The van der Waals surface area contributed by atoms with Gasteiger partial charge in [0.2, 0.25) is 5.78 Å². The van der Waals surface area contributed by atoms with Crippen molar-refractivity contribution in [1.82, 2.24) is 4.57 Å². The van der Waals surface area contributed by atoms with Crippen LogP contribution in [0.4, 0.5) is 0 Å². The summed E-state index contributed by atoms with van der Waals surface area (Å²) in [6, 6.07) is 22.4. The molecule has 0 saturated heterocycles. The summed E-state index contributed by atoms with van der Waals surface area (Å²) < 4.78 is 2.26. The average Bonchev–Trinajstić information content (AvgIpc) is 3.19. The number of Topliss-reactive ketones (excluding diaryl/α,β-unsaturated/α-hetero) is 1. The Bertz CT molecular complexity index is 1430. The van der Waals surface area contributed by atoms with E-state index < -0.39 is 5.97 Å². The summed E-state index contributed by atoms with van der Waals surface area (Å²) >= 11 is 0. The molecule has 5 heteroatoms. The minimum absolute atomic E-state index is 0.209. The molecule has 0 aliphatic rings. The number of aryl methyl sites for hydroxylation is 1. The molecule has 4 rings (SSSR count). The number of hydrogen-bond acceptors (Lipinski definition) is 4. The van der Waals surface area contributed by atoms with Crippen molar-refractivity contribution in [1.29, 1.82) is 0 Å². The number of oxime groups is 1. The molecule has 0 aliphatic carbocycles. The monoisotopic (exact) mass is 466 g/mol. The van der Waals surface area contributed by atoms with Crippen LogP contribution in [0.3, 0.4) is 0 Å². The molecule has 0 aliphatic heterocycles. The van der Waals surface area contributed by atoms with Gasteiger partial charge in [-0.3, -0.25) is 4.79 Å². The number of ketones is 1. The smallest absolute Gasteiger partial charge is 0.331 e. The van der Waals surface area contributed by atoms with E-state index >= 15 is 0 Å². The Morgan fingerprint density at radius 3 is 2.26 bits per heavy atom. The van der Waals surface area contributed by atoms with Crippen LogP contribution in [-0.4, -0.2) is 22.0 Å². The van der Waals surface area contributed by atoms with Crippen LogP contribution in [0.25, 0.3) is 34.0 Å². The minimum Gasteiger partial charge on any atom is -0.341 e. The lowest BCUT2D eigenvalue weighted by Crippen LogP contribution is -2.15. The number of rotatable bonds is 9. The molecule has 0 bridgehead atoms. The molecule has 0 saturated carbocycles. The molecule has 0 amide bonds. The maximum Gasteiger partial charge on any atom is 0.331 e. The normalized spacial score (nSPS) is 12.0. The zero-order valence-corrected chi connectivity index (χ0v) is 20.5. The van der Waals surface area contributed by atoms with Crippen molar-refractivity contribution in [2.75, 3.05) is 0 Å². The van der Waals surface area contributed by atoms with Gasteiger partial charge in [-0.05, 0) is 61.2 Å². The number of carbonyl (C=O) groups excluding carboxylic acids is 2. The van der Waals surface area contributed by atoms with Crippen LogP contribution in [0.5, 0.6) is 0 Å². The van der Waals surface area contributed by atoms with Gasteiger partial charge < -0.3 is 9.40 Å². The molecule has 0 unspecified atom stereocenters. The molecule has 0 N–H and O–H groups in total. The lowest BCUT2D eigenvalue weighted by atomic mass is 10.00. The van der Waals surface area contributed by atoms with Gasteiger partial charge in [-0.15, -0.1) is 0 Å². The quantitative estimate of drug-likeness (QED) is 0.0856. The summed E-state index contributed by atoms with van der Waals surface area (Å²) in [7, 11) is 0. The van der Waals surface area contributed by atoms with Crippen LogP contribution < -0.4 is 0 Å². The highest BCUT2D eigenvalue weighted by Crippen LogP contribution is 2.31. The number of carbonyl (C=O) groups is 2. The molecule has 3 aromatic carbocycles. The molecule has 0 atom stereocenters. The molecule has 0 fully saturated rings. The van der Waals surface area contributed by atoms with E-state index in [0.29, 0.717) is 12.0 Å². The van der Waals surface area contributed by atoms with Gasteiger partial charge >= 0.3 is 5.97 Å². The topological polar surface area (TPSA) is 60.7 Å². The first-order valence-electron chi connectivity index (χ1n) is 12.1. The first-order valence-corrected chi connectivity index (χ1v) is 12.1. The van der Waals surface area contributed by atoms with Crippen LogP contribution in [-0.2, 0) is 16.2 Å². The second-order valence-electron chi connectivity index (χ2n) is 8.55. The molecule has 1 heterocycles. The zero-order chi connectivity index (χ0) is 24.8. The number of fused-ring (bicyclic) bond motifs is 3. The molecular formula is C30H30N2O3. The standard InChI is InChI=1S/C30H30N2O3/c1-4-6-12-27(31-35-21(3)33)30(34)24-16-18-29-26(20-24)25-19-23(15-17-28(25)32(29)5-2)14-13-22-10-8-7-9-11-22/h7-11,13-20H,4-6,12H2,1-3H3/b14-13+,31-27+. The third-order valence-electron chi connectivity index (χ3n) is 6.05. The Morgan fingerprint density at radius 2 is 1.57 bits per heavy atom. The van der Waals surface area contributed by atoms with E-state index in [9.17, 15) is 9.59 Å². The van der Waals surface area contributed by atoms with E-state index in [0.717, 1.165) is 52.3 Å². The third kappa shape index (κ3) is 5.40. The maximum atomic E-state index is 13.3. The Morgan fingerprint density at radius 1 is 0.886 bits per heavy atom. The zero-order valence-electron chi connectivity index (χ0n) is 20.5. The molecule has 1 aromatic heterocycles. The van der Waals surface area contributed by atoms with Crippen molar-refractivity contribution >= 4 is 51.4 Å². The van der Waals surface area contributed by atoms with Crippen molar-refractivity contribution in [3.63, 3.8) is 0 Å². The lowest BCUT2D eigenvalue weighted by molar-refractivity contribution is -0.140.